The molecule has 1 aromatic carbocycles. The van der Waals surface area contributed by atoms with Gasteiger partial charge in [-0.15, -0.1) is 0 Å². The van der Waals surface area contributed by atoms with E-state index in [9.17, 15) is 22.0 Å². The van der Waals surface area contributed by atoms with Crippen LogP contribution in [-0.4, -0.2) is 53.7 Å². The molecule has 0 unspecified atom stereocenters. The Morgan fingerprint density at radius 1 is 1.17 bits per heavy atom. The number of hydrogen-bond acceptors (Lipinski definition) is 7. The molecule has 0 spiro atoms. The number of H-pyrrole nitrogens is 1. The number of imidazole rings is 1. The van der Waals surface area contributed by atoms with Gasteiger partial charge < -0.3 is 14.5 Å². The van der Waals surface area contributed by atoms with E-state index in [-0.39, 0.29) is 40.5 Å². The fourth-order valence-electron chi connectivity index (χ4n) is 4.05. The molecule has 3 aromatic heterocycles. The zero-order valence-corrected chi connectivity index (χ0v) is 20.8. The summed E-state index contributed by atoms with van der Waals surface area (Å²) in [5.41, 5.74) is 0.723. The van der Waals surface area contributed by atoms with E-state index < -0.39 is 39.0 Å². The molecule has 0 aliphatic heterocycles. The summed E-state index contributed by atoms with van der Waals surface area (Å²) >= 11 is 0. The van der Waals surface area contributed by atoms with Crippen molar-refractivity contribution in [2.24, 2.45) is 0 Å². The van der Waals surface area contributed by atoms with Gasteiger partial charge in [0.05, 0.1) is 36.7 Å². The van der Waals surface area contributed by atoms with E-state index in [0.29, 0.717) is 11.3 Å². The van der Waals surface area contributed by atoms with E-state index in [2.05, 4.69) is 15.0 Å². The number of benzene rings is 1. The van der Waals surface area contributed by atoms with Gasteiger partial charge in [0, 0.05) is 23.6 Å². The number of fused-ring (bicyclic) bond motifs is 1. The van der Waals surface area contributed by atoms with E-state index >= 15 is 0 Å². The van der Waals surface area contributed by atoms with Crippen LogP contribution < -0.4 is 15.2 Å². The second kappa shape index (κ2) is 9.69. The fourth-order valence-corrected chi connectivity index (χ4v) is 4.95. The quantitative estimate of drug-likeness (QED) is 0.380. The van der Waals surface area contributed by atoms with Crippen LogP contribution in [0.2, 0.25) is 0 Å². The van der Waals surface area contributed by atoms with Crippen molar-refractivity contribution in [3.63, 3.8) is 0 Å². The fraction of sp³-hybridized carbons (Fsp3) is 0.292. The predicted octanol–water partition coefficient (Wildman–Crippen LogP) is 3.41. The number of ether oxygens (including phenoxy) is 2. The number of pyridine rings is 2. The number of hydrogen-bond donors (Lipinski definition) is 1. The molecule has 1 atom stereocenters. The Morgan fingerprint density at radius 3 is 2.58 bits per heavy atom. The summed E-state index contributed by atoms with van der Waals surface area (Å²) in [6.45, 7) is 3.68. The number of halogens is 2. The summed E-state index contributed by atoms with van der Waals surface area (Å²) in [5.74, 6) is -1.23. The molecule has 0 bridgehead atoms. The Kier molecular flexibility index (Phi) is 6.81. The molecule has 0 amide bonds. The van der Waals surface area contributed by atoms with Crippen LogP contribution >= 0.6 is 0 Å². The van der Waals surface area contributed by atoms with Crippen LogP contribution in [0.5, 0.6) is 11.6 Å². The summed E-state index contributed by atoms with van der Waals surface area (Å²) in [7, 11) is -2.15. The minimum absolute atomic E-state index is 0.0126. The molecule has 0 radical (unpaired) electrons. The smallest absolute Gasteiger partial charge is 0.328 e. The Hall–Kier alpha value is -3.80. The maximum atomic E-state index is 14.4. The van der Waals surface area contributed by atoms with Gasteiger partial charge in [0.2, 0.25) is 0 Å². The molecule has 0 saturated heterocycles. The van der Waals surface area contributed by atoms with Crippen LogP contribution in [0.25, 0.3) is 22.3 Å². The normalized spacial score (nSPS) is 12.6. The lowest BCUT2D eigenvalue weighted by Gasteiger charge is -2.19. The highest BCUT2D eigenvalue weighted by Crippen LogP contribution is 2.32. The first kappa shape index (κ1) is 25.3. The van der Waals surface area contributed by atoms with Crippen molar-refractivity contribution in [3.05, 3.63) is 69.9 Å². The van der Waals surface area contributed by atoms with Crippen LogP contribution in [0.4, 0.5) is 8.78 Å². The summed E-state index contributed by atoms with van der Waals surface area (Å²) in [4.78, 5) is 24.6. The lowest BCUT2D eigenvalue weighted by Crippen LogP contribution is -2.29. The molecule has 4 aromatic rings. The van der Waals surface area contributed by atoms with Gasteiger partial charge in [-0.25, -0.2) is 32.0 Å². The van der Waals surface area contributed by atoms with Crippen molar-refractivity contribution in [2.75, 3.05) is 25.7 Å². The Balaban J connectivity index is 1.94. The van der Waals surface area contributed by atoms with E-state index in [4.69, 9.17) is 9.47 Å². The van der Waals surface area contributed by atoms with Crippen molar-refractivity contribution >= 4 is 21.0 Å². The molecule has 0 fully saturated rings. The maximum Gasteiger partial charge on any atom is 0.328 e. The van der Waals surface area contributed by atoms with Gasteiger partial charge in [-0.3, -0.25) is 4.57 Å². The van der Waals surface area contributed by atoms with Gasteiger partial charge in [0.25, 0.3) is 5.88 Å². The standard InChI is InChI=1S/C24H24F2N4O5S/c1-5-35-23-20(34-3)9-8-18(28-23)19(12-36(4,32)33)30-22-21(29-24(30)31)13(2)16(11-27-22)15-10-14(25)6-7-17(15)26/h6-11,19H,5,12H2,1-4H3,(H,29,31)/t19-/m0/s1. The summed E-state index contributed by atoms with van der Waals surface area (Å²) in [6, 6.07) is 5.12. The third-order valence-corrected chi connectivity index (χ3v) is 6.60. The van der Waals surface area contributed by atoms with Crippen LogP contribution in [0.15, 0.2) is 41.3 Å². The largest absolute Gasteiger partial charge is 0.491 e. The first-order chi connectivity index (χ1) is 17.0. The average Bonchev–Trinajstić information content (AvgIpc) is 3.16. The average molecular weight is 519 g/mol. The SMILES string of the molecule is CCOc1nc([C@H](CS(C)(=O)=O)n2c(=O)[nH]c3c(C)c(-c4cc(F)ccc4F)cnc32)ccc1OC. The molecule has 190 valence electrons. The zero-order valence-electron chi connectivity index (χ0n) is 20.0. The zero-order chi connectivity index (χ0) is 26.2. The van der Waals surface area contributed by atoms with Crippen LogP contribution in [0.3, 0.4) is 0 Å². The number of nitrogens with one attached hydrogen (secondary N) is 1. The minimum atomic E-state index is -3.60. The third kappa shape index (κ3) is 4.81. The summed E-state index contributed by atoms with van der Waals surface area (Å²) in [5, 5.41) is 0. The van der Waals surface area contributed by atoms with Gasteiger partial charge in [0.15, 0.2) is 11.4 Å². The maximum absolute atomic E-state index is 14.4. The van der Waals surface area contributed by atoms with Crippen molar-refractivity contribution in [2.45, 2.75) is 19.9 Å². The summed E-state index contributed by atoms with van der Waals surface area (Å²) in [6.07, 6.45) is 2.38. The molecule has 9 nitrogen and oxygen atoms in total. The van der Waals surface area contributed by atoms with Crippen molar-refractivity contribution in [3.8, 4) is 22.8 Å². The first-order valence-electron chi connectivity index (χ1n) is 10.9. The molecule has 0 aliphatic carbocycles. The number of rotatable bonds is 8. The molecule has 0 aliphatic rings. The second-order valence-corrected chi connectivity index (χ2v) is 10.4. The molecule has 3 heterocycles. The van der Waals surface area contributed by atoms with Crippen LogP contribution in [0.1, 0.15) is 24.2 Å². The molecule has 4 rings (SSSR count). The number of methoxy groups -OCH3 is 1. The van der Waals surface area contributed by atoms with E-state index in [0.717, 1.165) is 24.5 Å². The lowest BCUT2D eigenvalue weighted by molar-refractivity contribution is 0.296. The molecule has 0 saturated carbocycles. The highest BCUT2D eigenvalue weighted by Gasteiger charge is 2.28. The third-order valence-electron chi connectivity index (χ3n) is 5.68. The molecule has 1 N–H and O–H groups in total. The van der Waals surface area contributed by atoms with Crippen molar-refractivity contribution in [1.29, 1.82) is 0 Å². The highest BCUT2D eigenvalue weighted by atomic mass is 32.2. The molecular formula is C24H24F2N4O5S. The Bertz CT molecular complexity index is 1620. The van der Waals surface area contributed by atoms with Gasteiger partial charge in [0.1, 0.15) is 21.5 Å². The van der Waals surface area contributed by atoms with Crippen LogP contribution in [0, 0.1) is 18.6 Å². The predicted molar refractivity (Wildman–Crippen MR) is 130 cm³/mol. The Morgan fingerprint density at radius 2 is 1.92 bits per heavy atom. The van der Waals surface area contributed by atoms with E-state index in [1.165, 1.54) is 17.9 Å². The topological polar surface area (TPSA) is 116 Å². The number of aromatic nitrogens is 4. The van der Waals surface area contributed by atoms with Gasteiger partial charge in [-0.1, -0.05) is 0 Å². The minimum Gasteiger partial charge on any atom is -0.491 e. The second-order valence-electron chi connectivity index (χ2n) is 8.20. The molecule has 36 heavy (non-hydrogen) atoms. The number of nitrogens with zero attached hydrogens (tertiary/aromatic N) is 3. The molecule has 12 heteroatoms. The number of aromatic amines is 1. The van der Waals surface area contributed by atoms with Gasteiger partial charge in [-0.05, 0) is 49.7 Å². The van der Waals surface area contributed by atoms with Crippen LogP contribution in [-0.2, 0) is 9.84 Å². The Labute approximate surface area is 205 Å². The van der Waals surface area contributed by atoms with E-state index in [1.807, 2.05) is 0 Å². The lowest BCUT2D eigenvalue weighted by atomic mass is 10.0. The first-order valence-corrected chi connectivity index (χ1v) is 13.0. The number of aryl methyl sites for hydroxylation is 1. The monoisotopic (exact) mass is 518 g/mol. The van der Waals surface area contributed by atoms with Crippen molar-refractivity contribution in [1.82, 2.24) is 19.5 Å². The molecular weight excluding hydrogens is 494 g/mol. The summed E-state index contributed by atoms with van der Waals surface area (Å²) < 4.78 is 65.0. The number of sulfone groups is 1. The van der Waals surface area contributed by atoms with E-state index in [1.54, 1.807) is 26.0 Å². The van der Waals surface area contributed by atoms with Crippen molar-refractivity contribution < 1.29 is 26.7 Å². The van der Waals surface area contributed by atoms with Gasteiger partial charge >= 0.3 is 5.69 Å². The van der Waals surface area contributed by atoms with Gasteiger partial charge in [-0.2, -0.15) is 0 Å². The highest BCUT2D eigenvalue weighted by molar-refractivity contribution is 7.90.